The fraction of sp³-hybridized carbons (Fsp3) is 1.00. The molecule has 4 heteroatoms. The SMILES string of the molecule is CN(CCC1OCCO1)CC1CCCN2CCCCC12. The van der Waals surface area contributed by atoms with E-state index in [1.165, 1.54) is 51.7 Å². The number of hydrogen-bond donors (Lipinski definition) is 0. The van der Waals surface area contributed by atoms with Crippen molar-refractivity contribution in [2.45, 2.75) is 50.9 Å². The fourth-order valence-electron chi connectivity index (χ4n) is 4.18. The predicted octanol–water partition coefficient (Wildman–Crippen LogP) is 1.95. The van der Waals surface area contributed by atoms with Gasteiger partial charge in [0, 0.05) is 25.6 Å². The summed E-state index contributed by atoms with van der Waals surface area (Å²) in [4.78, 5) is 5.25. The van der Waals surface area contributed by atoms with Crippen molar-refractivity contribution in [1.29, 1.82) is 0 Å². The molecule has 0 saturated carbocycles. The third-order valence-electron chi connectivity index (χ3n) is 5.21. The number of nitrogens with zero attached hydrogens (tertiary/aromatic N) is 2. The molecule has 0 aromatic carbocycles. The lowest BCUT2D eigenvalue weighted by molar-refractivity contribution is -0.0520. The first-order valence-electron chi connectivity index (χ1n) is 8.49. The topological polar surface area (TPSA) is 24.9 Å². The molecular formula is C16H30N2O2. The van der Waals surface area contributed by atoms with Crippen LogP contribution in [0.15, 0.2) is 0 Å². The summed E-state index contributed by atoms with van der Waals surface area (Å²) in [6.07, 6.45) is 8.15. The molecule has 3 heterocycles. The average Bonchev–Trinajstić information content (AvgIpc) is 2.99. The van der Waals surface area contributed by atoms with E-state index in [9.17, 15) is 0 Å². The Hall–Kier alpha value is -0.160. The molecule has 0 bridgehead atoms. The molecule has 2 unspecified atom stereocenters. The van der Waals surface area contributed by atoms with Crippen LogP contribution in [-0.2, 0) is 9.47 Å². The Bertz CT molecular complexity index is 292. The zero-order valence-electron chi connectivity index (χ0n) is 12.9. The van der Waals surface area contributed by atoms with Gasteiger partial charge >= 0.3 is 0 Å². The van der Waals surface area contributed by atoms with E-state index >= 15 is 0 Å². The molecule has 0 aromatic rings. The van der Waals surface area contributed by atoms with Gasteiger partial charge < -0.3 is 19.3 Å². The van der Waals surface area contributed by atoms with Crippen LogP contribution in [0.5, 0.6) is 0 Å². The van der Waals surface area contributed by atoms with E-state index < -0.39 is 0 Å². The van der Waals surface area contributed by atoms with Gasteiger partial charge in [-0.05, 0) is 51.7 Å². The minimum atomic E-state index is 0.0509. The molecule has 0 amide bonds. The maximum atomic E-state index is 5.52. The van der Waals surface area contributed by atoms with Crippen molar-refractivity contribution in [3.8, 4) is 0 Å². The highest BCUT2D eigenvalue weighted by atomic mass is 16.7. The highest BCUT2D eigenvalue weighted by Crippen LogP contribution is 2.31. The molecule has 0 spiro atoms. The second-order valence-electron chi connectivity index (χ2n) is 6.72. The number of fused-ring (bicyclic) bond motifs is 1. The monoisotopic (exact) mass is 282 g/mol. The first-order valence-corrected chi connectivity index (χ1v) is 8.49. The third-order valence-corrected chi connectivity index (χ3v) is 5.21. The predicted molar refractivity (Wildman–Crippen MR) is 79.7 cm³/mol. The Kier molecular flexibility index (Phi) is 5.32. The molecule has 0 aliphatic carbocycles. The van der Waals surface area contributed by atoms with Crippen LogP contribution in [0, 0.1) is 5.92 Å². The lowest BCUT2D eigenvalue weighted by atomic mass is 9.83. The number of rotatable bonds is 5. The first-order chi connectivity index (χ1) is 9.83. The van der Waals surface area contributed by atoms with Gasteiger partial charge in [0.1, 0.15) is 0 Å². The Labute approximate surface area is 123 Å². The summed E-state index contributed by atoms with van der Waals surface area (Å²) < 4.78 is 11.0. The minimum absolute atomic E-state index is 0.0509. The Morgan fingerprint density at radius 1 is 1.05 bits per heavy atom. The van der Waals surface area contributed by atoms with Gasteiger partial charge in [-0.1, -0.05) is 6.42 Å². The van der Waals surface area contributed by atoms with Crippen LogP contribution in [0.2, 0.25) is 0 Å². The fourth-order valence-corrected chi connectivity index (χ4v) is 4.18. The maximum absolute atomic E-state index is 5.52. The standard InChI is InChI=1S/C16H30N2O2/c1-17(10-7-16-19-11-12-20-16)13-14-5-4-9-18-8-3-2-6-15(14)18/h14-16H,2-13H2,1H3. The smallest absolute Gasteiger partial charge is 0.159 e. The van der Waals surface area contributed by atoms with E-state index in [0.717, 1.165) is 38.1 Å². The van der Waals surface area contributed by atoms with Gasteiger partial charge in [-0.2, -0.15) is 0 Å². The molecule has 20 heavy (non-hydrogen) atoms. The third kappa shape index (κ3) is 3.73. The molecule has 3 saturated heterocycles. The lowest BCUT2D eigenvalue weighted by Crippen LogP contribution is -2.50. The molecule has 3 fully saturated rings. The van der Waals surface area contributed by atoms with Gasteiger partial charge in [0.05, 0.1) is 13.2 Å². The molecule has 2 atom stereocenters. The van der Waals surface area contributed by atoms with Gasteiger partial charge in [0.25, 0.3) is 0 Å². The largest absolute Gasteiger partial charge is 0.350 e. The quantitative estimate of drug-likeness (QED) is 0.769. The van der Waals surface area contributed by atoms with Crippen molar-refractivity contribution in [2.24, 2.45) is 5.92 Å². The summed E-state index contributed by atoms with van der Waals surface area (Å²) in [5, 5.41) is 0. The van der Waals surface area contributed by atoms with E-state index in [0.29, 0.717) is 0 Å². The Balaban J connectivity index is 1.43. The highest BCUT2D eigenvalue weighted by Gasteiger charge is 2.33. The zero-order valence-corrected chi connectivity index (χ0v) is 12.9. The van der Waals surface area contributed by atoms with Crippen molar-refractivity contribution in [1.82, 2.24) is 9.80 Å². The summed E-state index contributed by atoms with van der Waals surface area (Å²) in [7, 11) is 2.26. The van der Waals surface area contributed by atoms with Crippen LogP contribution < -0.4 is 0 Å². The molecule has 4 nitrogen and oxygen atoms in total. The zero-order chi connectivity index (χ0) is 13.8. The van der Waals surface area contributed by atoms with E-state index in [4.69, 9.17) is 9.47 Å². The van der Waals surface area contributed by atoms with Crippen molar-refractivity contribution >= 4 is 0 Å². The highest BCUT2D eigenvalue weighted by molar-refractivity contribution is 4.88. The minimum Gasteiger partial charge on any atom is -0.350 e. The summed E-state index contributed by atoms with van der Waals surface area (Å²) >= 11 is 0. The van der Waals surface area contributed by atoms with Crippen LogP contribution >= 0.6 is 0 Å². The van der Waals surface area contributed by atoms with Crippen molar-refractivity contribution < 1.29 is 9.47 Å². The van der Waals surface area contributed by atoms with E-state index in [1.807, 2.05) is 0 Å². The van der Waals surface area contributed by atoms with E-state index in [-0.39, 0.29) is 6.29 Å². The van der Waals surface area contributed by atoms with E-state index in [2.05, 4.69) is 16.8 Å². The number of hydrogen-bond acceptors (Lipinski definition) is 4. The molecule has 3 rings (SSSR count). The average molecular weight is 282 g/mol. The van der Waals surface area contributed by atoms with Gasteiger partial charge in [-0.25, -0.2) is 0 Å². The summed E-state index contributed by atoms with van der Waals surface area (Å²) in [6, 6.07) is 0.860. The first kappa shape index (κ1) is 14.8. The Morgan fingerprint density at radius 2 is 1.85 bits per heavy atom. The summed E-state index contributed by atoms with van der Waals surface area (Å²) in [6.45, 7) is 6.56. The van der Waals surface area contributed by atoms with Crippen LogP contribution in [0.25, 0.3) is 0 Å². The van der Waals surface area contributed by atoms with Crippen LogP contribution in [-0.4, -0.2) is 68.6 Å². The molecular weight excluding hydrogens is 252 g/mol. The maximum Gasteiger partial charge on any atom is 0.159 e. The second kappa shape index (κ2) is 7.21. The molecule has 116 valence electrons. The molecule has 0 aromatic heterocycles. The summed E-state index contributed by atoms with van der Waals surface area (Å²) in [5.74, 6) is 0.875. The van der Waals surface area contributed by atoms with Gasteiger partial charge in [0.2, 0.25) is 0 Å². The molecule has 0 N–H and O–H groups in total. The molecule has 0 radical (unpaired) electrons. The van der Waals surface area contributed by atoms with Crippen molar-refractivity contribution in [3.05, 3.63) is 0 Å². The van der Waals surface area contributed by atoms with Gasteiger partial charge in [-0.3, -0.25) is 0 Å². The van der Waals surface area contributed by atoms with E-state index in [1.54, 1.807) is 0 Å². The normalized spacial score (nSPS) is 32.7. The van der Waals surface area contributed by atoms with Crippen molar-refractivity contribution in [2.75, 3.05) is 46.4 Å². The van der Waals surface area contributed by atoms with Gasteiger partial charge in [-0.15, -0.1) is 0 Å². The summed E-state index contributed by atoms with van der Waals surface area (Å²) in [5.41, 5.74) is 0. The number of piperidine rings is 2. The van der Waals surface area contributed by atoms with Crippen LogP contribution in [0.1, 0.15) is 38.5 Å². The molecule has 3 aliphatic heterocycles. The van der Waals surface area contributed by atoms with Gasteiger partial charge in [0.15, 0.2) is 6.29 Å². The number of ether oxygens (including phenoxy) is 2. The van der Waals surface area contributed by atoms with Crippen LogP contribution in [0.3, 0.4) is 0 Å². The van der Waals surface area contributed by atoms with Crippen LogP contribution in [0.4, 0.5) is 0 Å². The Morgan fingerprint density at radius 3 is 2.70 bits per heavy atom. The lowest BCUT2D eigenvalue weighted by Gasteiger charge is -2.45. The molecule has 3 aliphatic rings. The van der Waals surface area contributed by atoms with Crippen molar-refractivity contribution in [3.63, 3.8) is 0 Å². The second-order valence-corrected chi connectivity index (χ2v) is 6.72.